The molecule has 2 saturated carbocycles. The highest BCUT2D eigenvalue weighted by molar-refractivity contribution is 5.31. The number of nitrogens with one attached hydrogen (secondary N) is 1. The van der Waals surface area contributed by atoms with Gasteiger partial charge in [0.1, 0.15) is 5.75 Å². The van der Waals surface area contributed by atoms with E-state index >= 15 is 0 Å². The van der Waals surface area contributed by atoms with Crippen LogP contribution in [0.2, 0.25) is 0 Å². The molecule has 1 aromatic carbocycles. The van der Waals surface area contributed by atoms with Crippen LogP contribution < -0.4 is 10.1 Å². The number of methoxy groups -OCH3 is 1. The third-order valence-corrected chi connectivity index (χ3v) is 5.01. The molecule has 0 amide bonds. The van der Waals surface area contributed by atoms with Gasteiger partial charge in [-0.1, -0.05) is 31.9 Å². The molecule has 3 atom stereocenters. The van der Waals surface area contributed by atoms with Crippen LogP contribution in [-0.2, 0) is 0 Å². The van der Waals surface area contributed by atoms with Crippen molar-refractivity contribution in [3.63, 3.8) is 0 Å². The van der Waals surface area contributed by atoms with Crippen LogP contribution in [0, 0.1) is 17.8 Å². The Balaban J connectivity index is 1.76. The fourth-order valence-corrected chi connectivity index (χ4v) is 4.05. The summed E-state index contributed by atoms with van der Waals surface area (Å²) in [6, 6.07) is 9.19. The topological polar surface area (TPSA) is 21.3 Å². The first-order valence-corrected chi connectivity index (χ1v) is 7.72. The van der Waals surface area contributed by atoms with E-state index in [0.29, 0.717) is 6.04 Å². The molecule has 3 unspecified atom stereocenters. The van der Waals surface area contributed by atoms with Crippen molar-refractivity contribution < 1.29 is 4.74 Å². The number of fused-ring (bicyclic) bond motifs is 1. The summed E-state index contributed by atoms with van der Waals surface area (Å²) in [6.45, 7) is 3.26. The fourth-order valence-electron chi connectivity index (χ4n) is 4.05. The summed E-state index contributed by atoms with van der Waals surface area (Å²) in [5.74, 6) is 3.79. The molecule has 19 heavy (non-hydrogen) atoms. The smallest absolute Gasteiger partial charge is 0.118 e. The van der Waals surface area contributed by atoms with Gasteiger partial charge in [-0.2, -0.15) is 0 Å². The molecule has 0 bridgehead atoms. The average molecular weight is 259 g/mol. The second-order valence-corrected chi connectivity index (χ2v) is 6.00. The molecule has 0 aromatic heterocycles. The molecule has 0 radical (unpaired) electrons. The summed E-state index contributed by atoms with van der Waals surface area (Å²) < 4.78 is 5.26. The van der Waals surface area contributed by atoms with E-state index in [1.807, 2.05) is 0 Å². The summed E-state index contributed by atoms with van der Waals surface area (Å²) in [4.78, 5) is 0. The number of hydrogen-bond acceptors (Lipinski definition) is 2. The van der Waals surface area contributed by atoms with E-state index in [-0.39, 0.29) is 0 Å². The Labute approximate surface area is 116 Å². The van der Waals surface area contributed by atoms with Crippen LogP contribution >= 0.6 is 0 Å². The van der Waals surface area contributed by atoms with E-state index in [9.17, 15) is 0 Å². The molecule has 2 aliphatic carbocycles. The number of benzene rings is 1. The summed E-state index contributed by atoms with van der Waals surface area (Å²) >= 11 is 0. The lowest BCUT2D eigenvalue weighted by Gasteiger charge is -2.19. The van der Waals surface area contributed by atoms with Gasteiger partial charge in [0.25, 0.3) is 0 Å². The van der Waals surface area contributed by atoms with Crippen LogP contribution in [0.25, 0.3) is 0 Å². The zero-order chi connectivity index (χ0) is 13.2. The lowest BCUT2D eigenvalue weighted by atomic mass is 9.99. The van der Waals surface area contributed by atoms with Crippen molar-refractivity contribution in [3.05, 3.63) is 29.8 Å². The maximum atomic E-state index is 5.26. The van der Waals surface area contributed by atoms with Crippen molar-refractivity contribution in [1.82, 2.24) is 5.32 Å². The number of rotatable bonds is 5. The van der Waals surface area contributed by atoms with Crippen molar-refractivity contribution in [1.29, 1.82) is 0 Å². The monoisotopic (exact) mass is 259 g/mol. The zero-order valence-corrected chi connectivity index (χ0v) is 12.1. The van der Waals surface area contributed by atoms with Gasteiger partial charge in [-0.25, -0.2) is 0 Å². The second kappa shape index (κ2) is 5.54. The standard InChI is InChI=1S/C17H25NO/c1-3-18-17(12-8-10-13(19-2)11-9-12)16-14-6-4-5-7-15(14)16/h8-11,14-18H,3-7H2,1-2H3. The largest absolute Gasteiger partial charge is 0.497 e. The second-order valence-electron chi connectivity index (χ2n) is 6.00. The Hall–Kier alpha value is -1.02. The Morgan fingerprint density at radius 1 is 1.16 bits per heavy atom. The molecule has 2 nitrogen and oxygen atoms in total. The Bertz CT molecular complexity index is 402. The average Bonchev–Trinajstić information content (AvgIpc) is 3.19. The molecular weight excluding hydrogens is 234 g/mol. The van der Waals surface area contributed by atoms with Gasteiger partial charge in [-0.15, -0.1) is 0 Å². The Morgan fingerprint density at radius 3 is 2.32 bits per heavy atom. The lowest BCUT2D eigenvalue weighted by molar-refractivity contribution is 0.413. The van der Waals surface area contributed by atoms with Crippen molar-refractivity contribution >= 4 is 0 Å². The van der Waals surface area contributed by atoms with Gasteiger partial charge >= 0.3 is 0 Å². The molecule has 0 spiro atoms. The molecular formula is C17H25NO. The minimum absolute atomic E-state index is 0.545. The van der Waals surface area contributed by atoms with Gasteiger partial charge in [0.15, 0.2) is 0 Å². The molecule has 2 fully saturated rings. The van der Waals surface area contributed by atoms with Crippen molar-refractivity contribution in [3.8, 4) is 5.75 Å². The van der Waals surface area contributed by atoms with Crippen molar-refractivity contribution in [2.24, 2.45) is 17.8 Å². The first-order valence-electron chi connectivity index (χ1n) is 7.72. The van der Waals surface area contributed by atoms with Gasteiger partial charge in [0.05, 0.1) is 7.11 Å². The van der Waals surface area contributed by atoms with E-state index in [2.05, 4.69) is 36.5 Å². The fraction of sp³-hybridized carbons (Fsp3) is 0.647. The minimum Gasteiger partial charge on any atom is -0.497 e. The predicted molar refractivity (Wildman–Crippen MR) is 78.3 cm³/mol. The van der Waals surface area contributed by atoms with Crippen molar-refractivity contribution in [2.75, 3.05) is 13.7 Å². The van der Waals surface area contributed by atoms with Gasteiger partial charge in [0.2, 0.25) is 0 Å². The number of ether oxygens (including phenoxy) is 1. The first-order chi connectivity index (χ1) is 9.35. The SMILES string of the molecule is CCNC(c1ccc(OC)cc1)C1C2CCCCC21. The Morgan fingerprint density at radius 2 is 1.79 bits per heavy atom. The summed E-state index contributed by atoms with van der Waals surface area (Å²) in [5, 5.41) is 3.71. The molecule has 0 saturated heterocycles. The maximum absolute atomic E-state index is 5.26. The highest BCUT2D eigenvalue weighted by atomic mass is 16.5. The summed E-state index contributed by atoms with van der Waals surface area (Å²) in [7, 11) is 1.73. The Kier molecular flexibility index (Phi) is 3.79. The molecule has 1 N–H and O–H groups in total. The molecule has 104 valence electrons. The van der Waals surface area contributed by atoms with Crippen LogP contribution in [-0.4, -0.2) is 13.7 Å². The van der Waals surface area contributed by atoms with Crippen LogP contribution in [0.15, 0.2) is 24.3 Å². The normalized spacial score (nSPS) is 30.5. The first kappa shape index (κ1) is 13.0. The van der Waals surface area contributed by atoms with Crippen LogP contribution in [0.1, 0.15) is 44.2 Å². The van der Waals surface area contributed by atoms with Crippen LogP contribution in [0.5, 0.6) is 5.75 Å². The molecule has 3 rings (SSSR count). The predicted octanol–water partition coefficient (Wildman–Crippen LogP) is 3.78. The van der Waals surface area contributed by atoms with Gasteiger partial charge in [-0.3, -0.25) is 0 Å². The van der Waals surface area contributed by atoms with Gasteiger partial charge in [-0.05, 0) is 54.8 Å². The minimum atomic E-state index is 0.545. The molecule has 0 heterocycles. The van der Waals surface area contributed by atoms with Gasteiger partial charge < -0.3 is 10.1 Å². The number of hydrogen-bond donors (Lipinski definition) is 1. The van der Waals surface area contributed by atoms with E-state index in [4.69, 9.17) is 4.74 Å². The van der Waals surface area contributed by atoms with E-state index < -0.39 is 0 Å². The van der Waals surface area contributed by atoms with Crippen molar-refractivity contribution in [2.45, 2.75) is 38.6 Å². The zero-order valence-electron chi connectivity index (χ0n) is 12.1. The molecule has 2 aliphatic rings. The highest BCUT2D eigenvalue weighted by Gasteiger charge is 2.54. The molecule has 0 aliphatic heterocycles. The van der Waals surface area contributed by atoms with E-state index in [1.54, 1.807) is 7.11 Å². The third kappa shape index (κ3) is 2.51. The van der Waals surface area contributed by atoms with Gasteiger partial charge in [0, 0.05) is 6.04 Å². The van der Waals surface area contributed by atoms with Crippen LogP contribution in [0.4, 0.5) is 0 Å². The highest BCUT2D eigenvalue weighted by Crippen LogP contribution is 2.60. The summed E-state index contributed by atoms with van der Waals surface area (Å²) in [5.41, 5.74) is 1.43. The maximum Gasteiger partial charge on any atom is 0.118 e. The van der Waals surface area contributed by atoms with E-state index in [0.717, 1.165) is 30.0 Å². The molecule has 2 heteroatoms. The van der Waals surface area contributed by atoms with Crippen LogP contribution in [0.3, 0.4) is 0 Å². The molecule has 1 aromatic rings. The summed E-state index contributed by atoms with van der Waals surface area (Å²) in [6.07, 6.45) is 5.79. The quantitative estimate of drug-likeness (QED) is 0.869. The lowest BCUT2D eigenvalue weighted by Crippen LogP contribution is -2.23. The third-order valence-electron chi connectivity index (χ3n) is 5.01. The van der Waals surface area contributed by atoms with E-state index in [1.165, 1.54) is 31.2 Å².